The first-order valence-corrected chi connectivity index (χ1v) is 7.51. The number of nitrogens with one attached hydrogen (secondary N) is 1. The molecular weight excluding hydrogens is 304 g/mol. The van der Waals surface area contributed by atoms with Crippen molar-refractivity contribution in [3.63, 3.8) is 0 Å². The van der Waals surface area contributed by atoms with Gasteiger partial charge < -0.3 is 14.7 Å². The fourth-order valence-electron chi connectivity index (χ4n) is 2.16. The summed E-state index contributed by atoms with van der Waals surface area (Å²) in [6.45, 7) is 2.01. The van der Waals surface area contributed by atoms with E-state index in [-0.39, 0.29) is 11.7 Å². The molecule has 3 aromatic rings. The minimum atomic E-state index is -0.361. The molecule has 0 aliphatic carbocycles. The zero-order chi connectivity index (χ0) is 17.1. The van der Waals surface area contributed by atoms with Gasteiger partial charge >= 0.3 is 0 Å². The number of carbonyl (C=O) groups is 1. The Morgan fingerprint density at radius 3 is 2.50 bits per heavy atom. The van der Waals surface area contributed by atoms with Gasteiger partial charge in [-0.2, -0.15) is 0 Å². The number of hydrogen-bond acceptors (Lipinski definition) is 5. The Labute approximate surface area is 140 Å². The average Bonchev–Trinajstić information content (AvgIpc) is 3.06. The molecule has 0 fully saturated rings. The van der Waals surface area contributed by atoms with E-state index in [1.54, 1.807) is 18.3 Å². The van der Waals surface area contributed by atoms with Crippen LogP contribution in [0.15, 0.2) is 53.2 Å². The maximum absolute atomic E-state index is 12.2. The average molecular weight is 322 g/mol. The van der Waals surface area contributed by atoms with Crippen molar-refractivity contribution in [3.8, 4) is 11.3 Å². The van der Waals surface area contributed by atoms with Crippen molar-refractivity contribution in [1.82, 2.24) is 10.1 Å². The summed E-state index contributed by atoms with van der Waals surface area (Å²) in [7, 11) is 3.81. The molecule has 0 aliphatic heterocycles. The molecule has 2 aromatic heterocycles. The Hall–Kier alpha value is -3.15. The van der Waals surface area contributed by atoms with E-state index in [1.807, 2.05) is 56.3 Å². The number of anilines is 2. The normalized spacial score (nSPS) is 10.5. The molecule has 0 saturated heterocycles. The highest BCUT2D eigenvalue weighted by Gasteiger charge is 2.14. The second-order valence-corrected chi connectivity index (χ2v) is 5.70. The molecule has 0 saturated carbocycles. The third kappa shape index (κ3) is 3.43. The highest BCUT2D eigenvalue weighted by molar-refractivity contribution is 6.02. The number of aryl methyl sites for hydroxylation is 1. The standard InChI is InChI=1S/C18H18N4O2/c1-12-4-6-13(7-5-12)15-10-16(24-21-15)18(23)20-14-8-9-17(19-11-14)22(2)3/h4-11H,1-3H3,(H,20,23). The molecular formula is C18H18N4O2. The van der Waals surface area contributed by atoms with Crippen LogP contribution in [0.3, 0.4) is 0 Å². The van der Waals surface area contributed by atoms with Crippen molar-refractivity contribution < 1.29 is 9.32 Å². The summed E-state index contributed by atoms with van der Waals surface area (Å²) in [6, 6.07) is 13.1. The number of nitrogens with zero attached hydrogens (tertiary/aromatic N) is 3. The zero-order valence-electron chi connectivity index (χ0n) is 13.8. The predicted molar refractivity (Wildman–Crippen MR) is 93.2 cm³/mol. The van der Waals surface area contributed by atoms with Crippen LogP contribution in [0.5, 0.6) is 0 Å². The van der Waals surface area contributed by atoms with E-state index in [0.717, 1.165) is 16.9 Å². The SMILES string of the molecule is Cc1ccc(-c2cc(C(=O)Nc3ccc(N(C)C)nc3)on2)cc1. The van der Waals surface area contributed by atoms with Crippen molar-refractivity contribution in [2.75, 3.05) is 24.3 Å². The lowest BCUT2D eigenvalue weighted by Crippen LogP contribution is -2.13. The third-order valence-corrected chi connectivity index (χ3v) is 3.55. The van der Waals surface area contributed by atoms with E-state index in [4.69, 9.17) is 4.52 Å². The molecule has 2 heterocycles. The monoisotopic (exact) mass is 322 g/mol. The Morgan fingerprint density at radius 2 is 1.88 bits per heavy atom. The molecule has 122 valence electrons. The van der Waals surface area contributed by atoms with Crippen molar-refractivity contribution in [3.05, 3.63) is 60.0 Å². The van der Waals surface area contributed by atoms with Crippen LogP contribution in [0.1, 0.15) is 16.1 Å². The van der Waals surface area contributed by atoms with Gasteiger partial charge in [0.15, 0.2) is 0 Å². The first kappa shape index (κ1) is 15.7. The number of hydrogen-bond donors (Lipinski definition) is 1. The first-order chi connectivity index (χ1) is 11.5. The first-order valence-electron chi connectivity index (χ1n) is 7.51. The minimum absolute atomic E-state index is 0.155. The number of benzene rings is 1. The van der Waals surface area contributed by atoms with Gasteiger partial charge in [0, 0.05) is 25.7 Å². The number of rotatable bonds is 4. The van der Waals surface area contributed by atoms with Crippen molar-refractivity contribution in [2.24, 2.45) is 0 Å². The quantitative estimate of drug-likeness (QED) is 0.797. The van der Waals surface area contributed by atoms with Gasteiger partial charge in [-0.15, -0.1) is 0 Å². The lowest BCUT2D eigenvalue weighted by atomic mass is 10.1. The zero-order valence-corrected chi connectivity index (χ0v) is 13.8. The predicted octanol–water partition coefficient (Wildman–Crippen LogP) is 3.36. The summed E-state index contributed by atoms with van der Waals surface area (Å²) in [4.78, 5) is 18.4. The Morgan fingerprint density at radius 1 is 1.12 bits per heavy atom. The highest BCUT2D eigenvalue weighted by atomic mass is 16.5. The van der Waals surface area contributed by atoms with Crippen molar-refractivity contribution in [2.45, 2.75) is 6.92 Å². The van der Waals surface area contributed by atoms with Gasteiger partial charge in [-0.25, -0.2) is 4.98 Å². The second kappa shape index (κ2) is 6.54. The third-order valence-electron chi connectivity index (χ3n) is 3.55. The molecule has 1 aromatic carbocycles. The van der Waals surface area contributed by atoms with Crippen LogP contribution in [0, 0.1) is 6.92 Å². The summed E-state index contributed by atoms with van der Waals surface area (Å²) < 4.78 is 5.15. The molecule has 0 atom stereocenters. The van der Waals surface area contributed by atoms with E-state index in [9.17, 15) is 4.79 Å². The van der Waals surface area contributed by atoms with Gasteiger partial charge in [0.25, 0.3) is 5.91 Å². The van der Waals surface area contributed by atoms with Crippen molar-refractivity contribution >= 4 is 17.4 Å². The van der Waals surface area contributed by atoms with Crippen LogP contribution >= 0.6 is 0 Å². The fourth-order valence-corrected chi connectivity index (χ4v) is 2.16. The molecule has 1 amide bonds. The second-order valence-electron chi connectivity index (χ2n) is 5.70. The van der Waals surface area contributed by atoms with Gasteiger partial charge in [0.2, 0.25) is 5.76 Å². The lowest BCUT2D eigenvalue weighted by molar-refractivity contribution is 0.0988. The molecule has 6 nitrogen and oxygen atoms in total. The van der Waals surface area contributed by atoms with Crippen LogP contribution in [0.4, 0.5) is 11.5 Å². The van der Waals surface area contributed by atoms with E-state index >= 15 is 0 Å². The van der Waals surface area contributed by atoms with Gasteiger partial charge in [0.05, 0.1) is 11.9 Å². The van der Waals surface area contributed by atoms with Crippen LogP contribution in [-0.2, 0) is 0 Å². The smallest absolute Gasteiger partial charge is 0.294 e. The topological polar surface area (TPSA) is 71.3 Å². The Balaban J connectivity index is 1.72. The molecule has 24 heavy (non-hydrogen) atoms. The maximum atomic E-state index is 12.2. The molecule has 0 unspecified atom stereocenters. The van der Waals surface area contributed by atoms with E-state index in [2.05, 4.69) is 15.5 Å². The largest absolute Gasteiger partial charge is 0.363 e. The summed E-state index contributed by atoms with van der Waals surface area (Å²) in [5.74, 6) is 0.608. The van der Waals surface area contributed by atoms with Crippen molar-refractivity contribution in [1.29, 1.82) is 0 Å². The summed E-state index contributed by atoms with van der Waals surface area (Å²) in [5.41, 5.74) is 3.29. The van der Waals surface area contributed by atoms with Crippen LogP contribution in [0.25, 0.3) is 11.3 Å². The molecule has 6 heteroatoms. The number of aromatic nitrogens is 2. The van der Waals surface area contributed by atoms with Crippen LogP contribution in [-0.4, -0.2) is 30.1 Å². The molecule has 3 rings (SSSR count). The summed E-state index contributed by atoms with van der Waals surface area (Å²) >= 11 is 0. The van der Waals surface area contributed by atoms with Gasteiger partial charge in [-0.3, -0.25) is 4.79 Å². The van der Waals surface area contributed by atoms with E-state index < -0.39 is 0 Å². The van der Waals surface area contributed by atoms with Gasteiger partial charge in [0.1, 0.15) is 11.5 Å². The Kier molecular flexibility index (Phi) is 4.29. The molecule has 0 spiro atoms. The summed E-state index contributed by atoms with van der Waals surface area (Å²) in [5, 5.41) is 6.70. The van der Waals surface area contributed by atoms with Crippen LogP contribution < -0.4 is 10.2 Å². The minimum Gasteiger partial charge on any atom is -0.363 e. The van der Waals surface area contributed by atoms with Gasteiger partial charge in [-0.05, 0) is 19.1 Å². The molecule has 1 N–H and O–H groups in total. The Bertz CT molecular complexity index is 836. The number of carbonyl (C=O) groups excluding carboxylic acids is 1. The highest BCUT2D eigenvalue weighted by Crippen LogP contribution is 2.20. The molecule has 0 aliphatic rings. The lowest BCUT2D eigenvalue weighted by Gasteiger charge is -2.11. The number of pyridine rings is 1. The van der Waals surface area contributed by atoms with E-state index in [1.165, 1.54) is 0 Å². The molecule has 0 bridgehead atoms. The van der Waals surface area contributed by atoms with Gasteiger partial charge in [-0.1, -0.05) is 35.0 Å². The van der Waals surface area contributed by atoms with E-state index in [0.29, 0.717) is 11.4 Å². The fraction of sp³-hybridized carbons (Fsp3) is 0.167. The van der Waals surface area contributed by atoms with Crippen LogP contribution in [0.2, 0.25) is 0 Å². The summed E-state index contributed by atoms with van der Waals surface area (Å²) in [6.07, 6.45) is 1.60. The maximum Gasteiger partial charge on any atom is 0.294 e. The molecule has 0 radical (unpaired) electrons. The number of amides is 1.